The number of non-ortho nitro benzene ring substituents is 1. The van der Waals surface area contributed by atoms with Crippen LogP contribution in [0.3, 0.4) is 0 Å². The molecule has 1 N–H and O–H groups in total. The van der Waals surface area contributed by atoms with Crippen molar-refractivity contribution in [3.8, 4) is 0 Å². The first-order valence-corrected chi connectivity index (χ1v) is 9.12. The maximum absolute atomic E-state index is 12.9. The van der Waals surface area contributed by atoms with E-state index < -0.39 is 10.8 Å². The minimum absolute atomic E-state index is 0.103. The first-order chi connectivity index (χ1) is 13.5. The van der Waals surface area contributed by atoms with Gasteiger partial charge in [-0.3, -0.25) is 24.3 Å². The Labute approximate surface area is 160 Å². The molecule has 1 aliphatic heterocycles. The van der Waals surface area contributed by atoms with Crippen LogP contribution in [0.2, 0.25) is 0 Å². The van der Waals surface area contributed by atoms with Crippen LogP contribution in [0.1, 0.15) is 35.4 Å². The van der Waals surface area contributed by atoms with E-state index >= 15 is 0 Å². The molecule has 0 unspecified atom stereocenters. The van der Waals surface area contributed by atoms with Crippen molar-refractivity contribution in [1.29, 1.82) is 0 Å². The van der Waals surface area contributed by atoms with Crippen molar-refractivity contribution in [1.82, 2.24) is 9.55 Å². The lowest BCUT2D eigenvalue weighted by molar-refractivity contribution is -0.384. The van der Waals surface area contributed by atoms with Crippen LogP contribution in [0.15, 0.2) is 47.3 Å². The van der Waals surface area contributed by atoms with E-state index in [1.54, 1.807) is 22.8 Å². The van der Waals surface area contributed by atoms with Gasteiger partial charge >= 0.3 is 0 Å². The lowest BCUT2D eigenvalue weighted by Crippen LogP contribution is -2.24. The summed E-state index contributed by atoms with van der Waals surface area (Å²) in [5, 5.41) is 14.0. The molecular formula is C20H18N4O4. The molecule has 8 nitrogen and oxygen atoms in total. The third-order valence-corrected chi connectivity index (χ3v) is 4.89. The minimum Gasteiger partial charge on any atom is -0.322 e. The zero-order valence-electron chi connectivity index (χ0n) is 15.1. The highest BCUT2D eigenvalue weighted by Crippen LogP contribution is 2.20. The average molecular weight is 378 g/mol. The normalized spacial score (nSPS) is 13.6. The lowest BCUT2D eigenvalue weighted by Gasteiger charge is -2.11. The number of anilines is 1. The number of carbonyl (C=O) groups excluding carboxylic acids is 1. The van der Waals surface area contributed by atoms with Crippen molar-refractivity contribution >= 4 is 28.2 Å². The molecule has 0 radical (unpaired) electrons. The Kier molecular flexibility index (Phi) is 4.60. The fourth-order valence-electron chi connectivity index (χ4n) is 3.46. The number of aryl methyl sites for hydroxylation is 1. The molecule has 1 aromatic heterocycles. The number of carbonyl (C=O) groups is 1. The summed E-state index contributed by atoms with van der Waals surface area (Å²) in [4.78, 5) is 40.3. The molecule has 3 aromatic rings. The molecule has 0 saturated carbocycles. The molecule has 1 amide bonds. The predicted molar refractivity (Wildman–Crippen MR) is 105 cm³/mol. The molecule has 0 aliphatic carbocycles. The van der Waals surface area contributed by atoms with Crippen molar-refractivity contribution in [3.05, 3.63) is 74.3 Å². The summed E-state index contributed by atoms with van der Waals surface area (Å²) in [6.07, 6.45) is 3.83. The van der Waals surface area contributed by atoms with Crippen LogP contribution in [-0.4, -0.2) is 20.4 Å². The third kappa shape index (κ3) is 3.36. The number of rotatable bonds is 3. The highest BCUT2D eigenvalue weighted by atomic mass is 16.6. The smallest absolute Gasteiger partial charge is 0.270 e. The van der Waals surface area contributed by atoms with Crippen LogP contribution in [-0.2, 0) is 13.0 Å². The fourth-order valence-corrected chi connectivity index (χ4v) is 3.46. The molecule has 1 aliphatic rings. The van der Waals surface area contributed by atoms with E-state index in [1.165, 1.54) is 24.3 Å². The average Bonchev–Trinajstić information content (AvgIpc) is 2.94. The molecule has 142 valence electrons. The van der Waals surface area contributed by atoms with Crippen LogP contribution < -0.4 is 10.9 Å². The van der Waals surface area contributed by atoms with Crippen LogP contribution in [0, 0.1) is 10.1 Å². The van der Waals surface area contributed by atoms with E-state index in [0.29, 0.717) is 23.1 Å². The van der Waals surface area contributed by atoms with Gasteiger partial charge in [0.2, 0.25) is 0 Å². The summed E-state index contributed by atoms with van der Waals surface area (Å²) in [5.41, 5.74) is 0.958. The van der Waals surface area contributed by atoms with Gasteiger partial charge in [-0.15, -0.1) is 0 Å². The van der Waals surface area contributed by atoms with Crippen LogP contribution >= 0.6 is 0 Å². The molecule has 28 heavy (non-hydrogen) atoms. The number of nitro benzene ring substituents is 1. The van der Waals surface area contributed by atoms with E-state index in [0.717, 1.165) is 31.5 Å². The van der Waals surface area contributed by atoms with E-state index in [-0.39, 0.29) is 16.8 Å². The van der Waals surface area contributed by atoms with Crippen molar-refractivity contribution < 1.29 is 9.72 Å². The van der Waals surface area contributed by atoms with Crippen LogP contribution in [0.5, 0.6) is 0 Å². The van der Waals surface area contributed by atoms with Gasteiger partial charge in [-0.05, 0) is 37.1 Å². The second-order valence-corrected chi connectivity index (χ2v) is 6.79. The molecule has 0 fully saturated rings. The maximum Gasteiger partial charge on any atom is 0.270 e. The van der Waals surface area contributed by atoms with Crippen molar-refractivity contribution in [2.45, 2.75) is 32.2 Å². The summed E-state index contributed by atoms with van der Waals surface area (Å²) in [7, 11) is 0. The van der Waals surface area contributed by atoms with Gasteiger partial charge in [0.1, 0.15) is 5.82 Å². The van der Waals surface area contributed by atoms with Gasteiger partial charge in [-0.2, -0.15) is 0 Å². The number of nitrogens with zero attached hydrogens (tertiary/aromatic N) is 3. The highest BCUT2D eigenvalue weighted by molar-refractivity contribution is 6.05. The predicted octanol–water partition coefficient (Wildman–Crippen LogP) is 3.28. The van der Waals surface area contributed by atoms with E-state index in [2.05, 4.69) is 10.3 Å². The Hall–Kier alpha value is -3.55. The summed E-state index contributed by atoms with van der Waals surface area (Å²) >= 11 is 0. The zero-order chi connectivity index (χ0) is 19.7. The molecule has 8 heteroatoms. The Morgan fingerprint density at radius 3 is 2.82 bits per heavy atom. The highest BCUT2D eigenvalue weighted by Gasteiger charge is 2.15. The Morgan fingerprint density at radius 1 is 1.14 bits per heavy atom. The first kappa shape index (κ1) is 17.8. The number of benzene rings is 2. The summed E-state index contributed by atoms with van der Waals surface area (Å²) in [5.74, 6) is 0.328. The second-order valence-electron chi connectivity index (χ2n) is 6.79. The molecule has 2 aromatic carbocycles. The molecule has 0 spiro atoms. The molecule has 0 bridgehead atoms. The monoisotopic (exact) mass is 378 g/mol. The lowest BCUT2D eigenvalue weighted by atomic mass is 10.1. The summed E-state index contributed by atoms with van der Waals surface area (Å²) in [6.45, 7) is 0.654. The van der Waals surface area contributed by atoms with Crippen LogP contribution in [0.25, 0.3) is 10.9 Å². The van der Waals surface area contributed by atoms with Gasteiger partial charge in [0, 0.05) is 36.3 Å². The SMILES string of the molecule is O=C(Nc1ccc2nc3n(c(=O)c2c1)CCCCC3)c1cccc([N+](=O)[O-])c1. The number of hydrogen-bond donors (Lipinski definition) is 1. The van der Waals surface area contributed by atoms with Gasteiger partial charge < -0.3 is 5.32 Å². The van der Waals surface area contributed by atoms with Crippen molar-refractivity contribution in [2.24, 2.45) is 0 Å². The van der Waals surface area contributed by atoms with E-state index in [9.17, 15) is 19.7 Å². The quantitative estimate of drug-likeness (QED) is 0.556. The zero-order valence-corrected chi connectivity index (χ0v) is 15.1. The van der Waals surface area contributed by atoms with Gasteiger partial charge in [0.25, 0.3) is 17.2 Å². The van der Waals surface area contributed by atoms with Crippen molar-refractivity contribution in [2.75, 3.05) is 5.32 Å². The minimum atomic E-state index is -0.550. The van der Waals surface area contributed by atoms with Gasteiger partial charge in [-0.1, -0.05) is 12.5 Å². The van der Waals surface area contributed by atoms with E-state index in [1.807, 2.05) is 0 Å². The molecule has 0 saturated heterocycles. The van der Waals surface area contributed by atoms with Gasteiger partial charge in [-0.25, -0.2) is 4.98 Å². The third-order valence-electron chi connectivity index (χ3n) is 4.89. The van der Waals surface area contributed by atoms with Crippen molar-refractivity contribution in [3.63, 3.8) is 0 Å². The number of nitro groups is 1. The fraction of sp³-hybridized carbons (Fsp3) is 0.250. The molecule has 2 heterocycles. The van der Waals surface area contributed by atoms with E-state index in [4.69, 9.17) is 0 Å². The van der Waals surface area contributed by atoms with Gasteiger partial charge in [0.05, 0.1) is 15.8 Å². The number of amides is 1. The Morgan fingerprint density at radius 2 is 2.00 bits per heavy atom. The molecule has 4 rings (SSSR count). The molecular weight excluding hydrogens is 360 g/mol. The summed E-state index contributed by atoms with van der Waals surface area (Å²) in [6, 6.07) is 10.5. The Balaban J connectivity index is 1.67. The van der Waals surface area contributed by atoms with Crippen LogP contribution in [0.4, 0.5) is 11.4 Å². The number of fused-ring (bicyclic) bond motifs is 2. The second kappa shape index (κ2) is 7.22. The standard InChI is InChI=1S/C20H18N4O4/c25-19(13-5-4-6-15(11-13)24(27)28)21-14-8-9-17-16(12-14)20(26)23-10-3-1-2-7-18(23)22-17/h4-6,8-9,11-12H,1-3,7,10H2,(H,21,25). The number of nitrogens with one attached hydrogen (secondary N) is 1. The number of hydrogen-bond acceptors (Lipinski definition) is 5. The van der Waals surface area contributed by atoms with Gasteiger partial charge in [0.15, 0.2) is 0 Å². The summed E-state index contributed by atoms with van der Waals surface area (Å²) < 4.78 is 1.72. The largest absolute Gasteiger partial charge is 0.322 e. The first-order valence-electron chi connectivity index (χ1n) is 9.12. The Bertz CT molecular complexity index is 1150. The topological polar surface area (TPSA) is 107 Å². The maximum atomic E-state index is 12.9. The molecule has 0 atom stereocenters. The number of aromatic nitrogens is 2.